The molecule has 0 radical (unpaired) electrons. The molecule has 0 aliphatic carbocycles. The summed E-state index contributed by atoms with van der Waals surface area (Å²) in [5.41, 5.74) is 0.0556. The number of aliphatic hydroxyl groups is 1. The van der Waals surface area contributed by atoms with Crippen LogP contribution in [-0.4, -0.2) is 35.3 Å². The zero-order chi connectivity index (χ0) is 8.16. The van der Waals surface area contributed by atoms with E-state index >= 15 is 0 Å². The van der Waals surface area contributed by atoms with Crippen molar-refractivity contribution >= 4 is 11.8 Å². The van der Waals surface area contributed by atoms with E-state index in [1.807, 2.05) is 11.8 Å². The van der Waals surface area contributed by atoms with E-state index in [9.17, 15) is 5.11 Å². The van der Waals surface area contributed by atoms with Crippen molar-refractivity contribution in [2.45, 2.75) is 25.3 Å². The molecule has 1 heterocycles. The monoisotopic (exact) mass is 175 g/mol. The van der Waals surface area contributed by atoms with Gasteiger partial charge in [-0.25, -0.2) is 0 Å². The molecular formula is C8H17NOS. The third-order valence-electron chi connectivity index (χ3n) is 2.30. The summed E-state index contributed by atoms with van der Waals surface area (Å²) in [6, 6.07) is 0. The van der Waals surface area contributed by atoms with Crippen LogP contribution in [0.3, 0.4) is 0 Å². The molecule has 1 aliphatic heterocycles. The minimum Gasteiger partial charge on any atom is -0.394 e. The van der Waals surface area contributed by atoms with Crippen LogP contribution in [-0.2, 0) is 0 Å². The van der Waals surface area contributed by atoms with Crippen LogP contribution < -0.4 is 5.32 Å². The predicted octanol–water partition coefficient (Wildman–Crippen LogP) is 0.854. The average molecular weight is 175 g/mol. The Balaban J connectivity index is 2.42. The summed E-state index contributed by atoms with van der Waals surface area (Å²) in [5.74, 6) is 2.38. The molecule has 11 heavy (non-hydrogen) atoms. The van der Waals surface area contributed by atoms with Crippen LogP contribution in [0, 0.1) is 0 Å². The van der Waals surface area contributed by atoms with Crippen LogP contribution in [0.2, 0.25) is 0 Å². The summed E-state index contributed by atoms with van der Waals surface area (Å²) >= 11 is 1.99. The maximum Gasteiger partial charge on any atom is 0.0613 e. The lowest BCUT2D eigenvalue weighted by Gasteiger charge is -2.36. The van der Waals surface area contributed by atoms with Crippen molar-refractivity contribution in [2.75, 3.05) is 24.7 Å². The SMILES string of the molecule is CCNC1(CO)CCSCC1. The van der Waals surface area contributed by atoms with Gasteiger partial charge in [0.15, 0.2) is 0 Å². The molecular weight excluding hydrogens is 158 g/mol. The fourth-order valence-electron chi connectivity index (χ4n) is 1.53. The largest absolute Gasteiger partial charge is 0.394 e. The summed E-state index contributed by atoms with van der Waals surface area (Å²) in [4.78, 5) is 0. The van der Waals surface area contributed by atoms with Crippen molar-refractivity contribution in [3.05, 3.63) is 0 Å². The van der Waals surface area contributed by atoms with Crippen molar-refractivity contribution < 1.29 is 5.11 Å². The van der Waals surface area contributed by atoms with E-state index in [1.165, 1.54) is 11.5 Å². The number of rotatable bonds is 3. The number of likely N-dealkylation sites (N-methyl/N-ethyl adjacent to an activating group) is 1. The summed E-state index contributed by atoms with van der Waals surface area (Å²) < 4.78 is 0. The Morgan fingerprint density at radius 3 is 2.55 bits per heavy atom. The van der Waals surface area contributed by atoms with E-state index in [4.69, 9.17) is 0 Å². The second kappa shape index (κ2) is 4.33. The Morgan fingerprint density at radius 1 is 1.45 bits per heavy atom. The lowest BCUT2D eigenvalue weighted by atomic mass is 9.93. The second-order valence-corrected chi connectivity index (χ2v) is 4.31. The molecule has 0 aromatic rings. The first-order valence-electron chi connectivity index (χ1n) is 4.26. The maximum atomic E-state index is 9.20. The zero-order valence-corrected chi connectivity index (χ0v) is 7.91. The number of thioether (sulfide) groups is 1. The summed E-state index contributed by atoms with van der Waals surface area (Å²) in [7, 11) is 0. The molecule has 0 amide bonds. The van der Waals surface area contributed by atoms with Crippen LogP contribution >= 0.6 is 11.8 Å². The van der Waals surface area contributed by atoms with Gasteiger partial charge in [-0.05, 0) is 30.9 Å². The summed E-state index contributed by atoms with van der Waals surface area (Å²) in [5, 5.41) is 12.6. The fourth-order valence-corrected chi connectivity index (χ4v) is 2.80. The minimum absolute atomic E-state index is 0.0556. The first-order valence-corrected chi connectivity index (χ1v) is 5.42. The lowest BCUT2D eigenvalue weighted by Crippen LogP contribution is -2.50. The molecule has 1 fully saturated rings. The third-order valence-corrected chi connectivity index (χ3v) is 3.29. The molecule has 2 N–H and O–H groups in total. The molecule has 0 bridgehead atoms. The summed E-state index contributed by atoms with van der Waals surface area (Å²) in [6.07, 6.45) is 2.23. The Morgan fingerprint density at radius 2 is 2.09 bits per heavy atom. The van der Waals surface area contributed by atoms with Gasteiger partial charge in [0.05, 0.1) is 6.61 Å². The van der Waals surface area contributed by atoms with Crippen LogP contribution in [0.1, 0.15) is 19.8 Å². The van der Waals surface area contributed by atoms with Gasteiger partial charge in [0.25, 0.3) is 0 Å². The number of hydrogen-bond acceptors (Lipinski definition) is 3. The number of aliphatic hydroxyl groups excluding tert-OH is 1. The molecule has 0 atom stereocenters. The highest BCUT2D eigenvalue weighted by molar-refractivity contribution is 7.99. The van der Waals surface area contributed by atoms with E-state index < -0.39 is 0 Å². The van der Waals surface area contributed by atoms with E-state index in [0.717, 1.165) is 19.4 Å². The van der Waals surface area contributed by atoms with E-state index in [1.54, 1.807) is 0 Å². The van der Waals surface area contributed by atoms with Crippen molar-refractivity contribution in [3.63, 3.8) is 0 Å². The molecule has 0 spiro atoms. The number of nitrogens with one attached hydrogen (secondary N) is 1. The van der Waals surface area contributed by atoms with Crippen molar-refractivity contribution in [1.82, 2.24) is 5.32 Å². The zero-order valence-electron chi connectivity index (χ0n) is 7.10. The van der Waals surface area contributed by atoms with Gasteiger partial charge in [-0.2, -0.15) is 11.8 Å². The van der Waals surface area contributed by atoms with E-state index in [-0.39, 0.29) is 5.54 Å². The quantitative estimate of drug-likeness (QED) is 0.667. The minimum atomic E-state index is 0.0556. The van der Waals surface area contributed by atoms with E-state index in [0.29, 0.717) is 6.61 Å². The van der Waals surface area contributed by atoms with Crippen molar-refractivity contribution in [2.24, 2.45) is 0 Å². The Bertz CT molecular complexity index is 107. The fraction of sp³-hybridized carbons (Fsp3) is 1.00. The van der Waals surface area contributed by atoms with Gasteiger partial charge < -0.3 is 10.4 Å². The first kappa shape index (κ1) is 9.36. The van der Waals surface area contributed by atoms with Gasteiger partial charge >= 0.3 is 0 Å². The number of hydrogen-bond donors (Lipinski definition) is 2. The van der Waals surface area contributed by atoms with Gasteiger partial charge in [-0.3, -0.25) is 0 Å². The Kier molecular flexibility index (Phi) is 3.69. The Hall–Kier alpha value is 0.270. The molecule has 3 heteroatoms. The van der Waals surface area contributed by atoms with Gasteiger partial charge in [-0.15, -0.1) is 0 Å². The molecule has 1 aliphatic rings. The normalized spacial score (nSPS) is 23.5. The van der Waals surface area contributed by atoms with Crippen LogP contribution in [0.5, 0.6) is 0 Å². The van der Waals surface area contributed by atoms with Crippen LogP contribution in [0.25, 0.3) is 0 Å². The highest BCUT2D eigenvalue weighted by Gasteiger charge is 2.29. The van der Waals surface area contributed by atoms with Gasteiger partial charge in [0, 0.05) is 5.54 Å². The first-order chi connectivity index (χ1) is 5.33. The van der Waals surface area contributed by atoms with Gasteiger partial charge in [-0.1, -0.05) is 6.92 Å². The lowest BCUT2D eigenvalue weighted by molar-refractivity contribution is 0.153. The van der Waals surface area contributed by atoms with Gasteiger partial charge in [0.1, 0.15) is 0 Å². The second-order valence-electron chi connectivity index (χ2n) is 3.08. The summed E-state index contributed by atoms with van der Waals surface area (Å²) in [6.45, 7) is 3.35. The average Bonchev–Trinajstić information content (AvgIpc) is 2.07. The highest BCUT2D eigenvalue weighted by Crippen LogP contribution is 2.26. The van der Waals surface area contributed by atoms with Crippen molar-refractivity contribution in [3.8, 4) is 0 Å². The molecule has 1 rings (SSSR count). The smallest absolute Gasteiger partial charge is 0.0613 e. The molecule has 1 saturated heterocycles. The Labute approximate surface area is 72.8 Å². The highest BCUT2D eigenvalue weighted by atomic mass is 32.2. The van der Waals surface area contributed by atoms with Crippen molar-refractivity contribution in [1.29, 1.82) is 0 Å². The topological polar surface area (TPSA) is 32.3 Å². The maximum absolute atomic E-state index is 9.20. The van der Waals surface area contributed by atoms with Crippen LogP contribution in [0.15, 0.2) is 0 Å². The molecule has 0 unspecified atom stereocenters. The molecule has 0 saturated carbocycles. The standard InChI is InChI=1S/C8H17NOS/c1-2-9-8(7-10)3-5-11-6-4-8/h9-10H,2-7H2,1H3. The third kappa shape index (κ3) is 2.36. The molecule has 2 nitrogen and oxygen atoms in total. The molecule has 0 aromatic carbocycles. The van der Waals surface area contributed by atoms with Crippen LogP contribution in [0.4, 0.5) is 0 Å². The van der Waals surface area contributed by atoms with Gasteiger partial charge in [0.2, 0.25) is 0 Å². The predicted molar refractivity (Wildman–Crippen MR) is 50.1 cm³/mol. The van der Waals surface area contributed by atoms with E-state index in [2.05, 4.69) is 12.2 Å². The molecule has 66 valence electrons. The molecule has 0 aromatic heterocycles.